The van der Waals surface area contributed by atoms with Crippen molar-refractivity contribution in [2.45, 2.75) is 58.2 Å². The molecule has 39 heavy (non-hydrogen) atoms. The molecule has 0 spiro atoms. The summed E-state index contributed by atoms with van der Waals surface area (Å²) < 4.78 is 13.3. The number of aromatic nitrogens is 4. The molecule has 5 N–H and O–H groups in total. The number of piperazine rings is 1. The Morgan fingerprint density at radius 3 is 2.77 bits per heavy atom. The van der Waals surface area contributed by atoms with Crippen LogP contribution in [0.5, 0.6) is 5.75 Å². The number of hydrogen-bond donors (Lipinski definition) is 4. The number of nitrogens with one attached hydrogen (secondary N) is 2. The van der Waals surface area contributed by atoms with Gasteiger partial charge in [-0.3, -0.25) is 9.58 Å². The van der Waals surface area contributed by atoms with Crippen molar-refractivity contribution in [3.05, 3.63) is 35.5 Å². The van der Waals surface area contributed by atoms with Crippen molar-refractivity contribution in [3.8, 4) is 5.75 Å². The third-order valence-corrected chi connectivity index (χ3v) is 7.28. The summed E-state index contributed by atoms with van der Waals surface area (Å²) in [6.07, 6.45) is 6.14. The first-order valence-corrected chi connectivity index (χ1v) is 14.1. The molecule has 4 heterocycles. The summed E-state index contributed by atoms with van der Waals surface area (Å²) in [6.45, 7) is 10.3. The van der Waals surface area contributed by atoms with Gasteiger partial charge in [0.25, 0.3) is 0 Å². The van der Waals surface area contributed by atoms with E-state index in [1.165, 1.54) is 5.56 Å². The van der Waals surface area contributed by atoms with Crippen molar-refractivity contribution in [2.75, 3.05) is 64.2 Å². The number of anilines is 2. The fourth-order valence-corrected chi connectivity index (χ4v) is 5.29. The summed E-state index contributed by atoms with van der Waals surface area (Å²) in [5.74, 6) is 1.83. The molecule has 2 saturated heterocycles. The maximum atomic E-state index is 7.57. The Bertz CT molecular complexity index is 1180. The van der Waals surface area contributed by atoms with Gasteiger partial charge in [-0.1, -0.05) is 25.5 Å². The molecule has 3 aromatic rings. The quantitative estimate of drug-likeness (QED) is 0.300. The fraction of sp³-hybridized carbons (Fsp3) is 0.607. The van der Waals surface area contributed by atoms with Crippen molar-refractivity contribution in [3.63, 3.8) is 0 Å². The van der Waals surface area contributed by atoms with Crippen LogP contribution in [0.3, 0.4) is 0 Å². The topological polar surface area (TPSA) is 136 Å². The number of nitrogen functional groups attached to an aromatic ring is 1. The van der Waals surface area contributed by atoms with Crippen LogP contribution in [-0.4, -0.2) is 88.9 Å². The van der Waals surface area contributed by atoms with Gasteiger partial charge in [-0.05, 0) is 37.8 Å². The first kappa shape index (κ1) is 29.0. The van der Waals surface area contributed by atoms with Crippen molar-refractivity contribution in [2.24, 2.45) is 0 Å². The number of ether oxygens (including phenoxy) is 2. The average molecular weight is 541 g/mol. The molecular formula is C28H44N8O3. The minimum absolute atomic E-state index is 0.248. The van der Waals surface area contributed by atoms with Crippen LogP contribution >= 0.6 is 0 Å². The second-order valence-corrected chi connectivity index (χ2v) is 9.98. The molecule has 0 radical (unpaired) electrons. The third kappa shape index (κ3) is 7.36. The first-order valence-electron chi connectivity index (χ1n) is 14.1. The zero-order chi connectivity index (χ0) is 27.6. The van der Waals surface area contributed by atoms with Crippen LogP contribution in [0, 0.1) is 0 Å². The number of nitrogens with two attached hydrogens (primary N) is 1. The van der Waals surface area contributed by atoms with E-state index in [1.54, 1.807) is 20.2 Å². The Labute approximate surface area is 231 Å². The monoisotopic (exact) mass is 540 g/mol. The van der Waals surface area contributed by atoms with Crippen LogP contribution in [0.25, 0.3) is 11.0 Å². The van der Waals surface area contributed by atoms with Gasteiger partial charge in [0.05, 0.1) is 19.9 Å². The lowest BCUT2D eigenvalue weighted by Gasteiger charge is -2.40. The molecule has 0 amide bonds. The zero-order valence-electron chi connectivity index (χ0n) is 23.5. The fourth-order valence-electron chi connectivity index (χ4n) is 5.29. The van der Waals surface area contributed by atoms with E-state index in [4.69, 9.17) is 20.3 Å². The molecule has 2 aromatic heterocycles. The second-order valence-electron chi connectivity index (χ2n) is 9.98. The summed E-state index contributed by atoms with van der Waals surface area (Å²) in [7, 11) is 1.73. The predicted octanol–water partition coefficient (Wildman–Crippen LogP) is 2.80. The van der Waals surface area contributed by atoms with Crippen LogP contribution < -0.4 is 21.1 Å². The van der Waals surface area contributed by atoms with E-state index in [1.807, 2.05) is 4.68 Å². The van der Waals surface area contributed by atoms with E-state index in [-0.39, 0.29) is 18.6 Å². The van der Waals surface area contributed by atoms with Gasteiger partial charge in [0.1, 0.15) is 16.8 Å². The minimum atomic E-state index is 0.248. The van der Waals surface area contributed by atoms with Crippen LogP contribution in [-0.2, 0) is 11.3 Å². The normalized spacial score (nSPS) is 18.5. The highest BCUT2D eigenvalue weighted by Crippen LogP contribution is 2.29. The highest BCUT2D eigenvalue weighted by molar-refractivity contribution is 5.86. The molecule has 2 aliphatic heterocycles. The van der Waals surface area contributed by atoms with Crippen LogP contribution in [0.2, 0.25) is 0 Å². The number of aliphatic hydroxyl groups is 1. The molecule has 5 rings (SSSR count). The zero-order valence-corrected chi connectivity index (χ0v) is 23.5. The number of rotatable bonds is 9. The molecule has 0 saturated carbocycles. The summed E-state index contributed by atoms with van der Waals surface area (Å²) in [5.41, 5.74) is 9.83. The first-order chi connectivity index (χ1) is 19.1. The van der Waals surface area contributed by atoms with Gasteiger partial charge in [0.15, 0.2) is 5.82 Å². The lowest BCUT2D eigenvalue weighted by atomic mass is 9.99. The standard InChI is InChI=1S/C26H38N8O2.C2H6O/c1-3-4-9-29-25-24-21(31-26(27)32-25)15-30-34(24)16-19-6-5-18(14-23(19)35-2)22-17-33(11-10-28-22)20-7-12-36-13-8-20;1-2-3/h5-6,14-15,20,22,28H,3-4,7-13,16-17H2,1-2H3,(H3,27,29,31,32);3H,2H2,1H3. The number of aliphatic hydroxyl groups excluding tert-OH is 1. The Hall–Kier alpha value is -2.99. The molecule has 1 unspecified atom stereocenters. The van der Waals surface area contributed by atoms with Crippen molar-refractivity contribution in [1.82, 2.24) is 30.0 Å². The van der Waals surface area contributed by atoms with E-state index < -0.39 is 0 Å². The largest absolute Gasteiger partial charge is 0.496 e. The number of methoxy groups -OCH3 is 1. The Morgan fingerprint density at radius 1 is 1.23 bits per heavy atom. The summed E-state index contributed by atoms with van der Waals surface area (Å²) in [4.78, 5) is 11.5. The SMILES string of the molecule is CCCCNc1nc(N)nc2cnn(Cc3ccc(C4CN(C5CCOCC5)CCN4)cc3OC)c12.CCO. The van der Waals surface area contributed by atoms with Crippen molar-refractivity contribution >= 4 is 22.8 Å². The molecule has 0 aliphatic carbocycles. The lowest BCUT2D eigenvalue weighted by molar-refractivity contribution is 0.0234. The maximum Gasteiger partial charge on any atom is 0.222 e. The lowest BCUT2D eigenvalue weighted by Crippen LogP contribution is -2.51. The predicted molar refractivity (Wildman–Crippen MR) is 154 cm³/mol. The average Bonchev–Trinajstić information content (AvgIpc) is 3.36. The summed E-state index contributed by atoms with van der Waals surface area (Å²) >= 11 is 0. The van der Waals surface area contributed by atoms with Crippen LogP contribution in [0.1, 0.15) is 56.7 Å². The highest BCUT2D eigenvalue weighted by atomic mass is 16.5. The molecule has 1 aromatic carbocycles. The number of unbranched alkanes of at least 4 members (excludes halogenated alkanes) is 1. The highest BCUT2D eigenvalue weighted by Gasteiger charge is 2.28. The Morgan fingerprint density at radius 2 is 2.03 bits per heavy atom. The van der Waals surface area contributed by atoms with Gasteiger partial charge in [-0.25, -0.2) is 4.98 Å². The van der Waals surface area contributed by atoms with Gasteiger partial charge in [0, 0.05) is 63.6 Å². The number of fused-ring (bicyclic) bond motifs is 1. The Balaban J connectivity index is 0.00000112. The molecule has 2 fully saturated rings. The van der Waals surface area contributed by atoms with Gasteiger partial charge < -0.3 is 30.9 Å². The summed E-state index contributed by atoms with van der Waals surface area (Å²) in [5, 5.41) is 19.3. The van der Waals surface area contributed by atoms with Crippen molar-refractivity contribution < 1.29 is 14.6 Å². The van der Waals surface area contributed by atoms with Crippen molar-refractivity contribution in [1.29, 1.82) is 0 Å². The smallest absolute Gasteiger partial charge is 0.222 e. The summed E-state index contributed by atoms with van der Waals surface area (Å²) in [6, 6.07) is 7.43. The maximum absolute atomic E-state index is 7.57. The molecule has 0 bridgehead atoms. The number of hydrogen-bond acceptors (Lipinski definition) is 10. The molecular weight excluding hydrogens is 496 g/mol. The van der Waals surface area contributed by atoms with Crippen LogP contribution in [0.4, 0.5) is 11.8 Å². The van der Waals surface area contributed by atoms with Gasteiger partial charge in [-0.15, -0.1) is 0 Å². The van der Waals surface area contributed by atoms with E-state index >= 15 is 0 Å². The van der Waals surface area contributed by atoms with E-state index in [0.717, 1.165) is 93.2 Å². The van der Waals surface area contributed by atoms with E-state index in [9.17, 15) is 0 Å². The molecule has 1 atom stereocenters. The molecule has 2 aliphatic rings. The minimum Gasteiger partial charge on any atom is -0.496 e. The number of nitrogens with zero attached hydrogens (tertiary/aromatic N) is 5. The van der Waals surface area contributed by atoms with E-state index in [0.29, 0.717) is 12.6 Å². The van der Waals surface area contributed by atoms with Gasteiger partial charge in [0.2, 0.25) is 5.95 Å². The second kappa shape index (κ2) is 14.4. The molecule has 11 nitrogen and oxygen atoms in total. The van der Waals surface area contributed by atoms with E-state index in [2.05, 4.69) is 55.7 Å². The van der Waals surface area contributed by atoms with Gasteiger partial charge >= 0.3 is 0 Å². The third-order valence-electron chi connectivity index (χ3n) is 7.28. The molecule has 214 valence electrons. The Kier molecular flexibility index (Phi) is 10.7. The number of benzene rings is 1. The van der Waals surface area contributed by atoms with Crippen LogP contribution in [0.15, 0.2) is 24.4 Å². The molecule has 11 heteroatoms. The van der Waals surface area contributed by atoms with Gasteiger partial charge in [-0.2, -0.15) is 10.1 Å².